The van der Waals surface area contributed by atoms with Crippen LogP contribution in [0.2, 0.25) is 0 Å². The topological polar surface area (TPSA) is 58.2 Å². The number of rotatable bonds is 6. The Hall–Kier alpha value is -0.430. The third-order valence-electron chi connectivity index (χ3n) is 3.89. The SMILES string of the molecule is CNCc1sc(S(=O)(=O)NCC2CCCCC2)cc1C. The number of hydrogen-bond acceptors (Lipinski definition) is 4. The summed E-state index contributed by atoms with van der Waals surface area (Å²) < 4.78 is 27.9. The second-order valence-electron chi connectivity index (χ2n) is 5.56. The van der Waals surface area contributed by atoms with Gasteiger partial charge in [0.15, 0.2) is 0 Å². The number of nitrogens with one attached hydrogen (secondary N) is 2. The zero-order valence-electron chi connectivity index (χ0n) is 12.2. The molecule has 1 heterocycles. The van der Waals surface area contributed by atoms with Crippen molar-refractivity contribution in [2.75, 3.05) is 13.6 Å². The van der Waals surface area contributed by atoms with Gasteiger partial charge in [-0.1, -0.05) is 19.3 Å². The summed E-state index contributed by atoms with van der Waals surface area (Å²) in [4.78, 5) is 1.09. The molecule has 2 N–H and O–H groups in total. The predicted molar refractivity (Wildman–Crippen MR) is 83.6 cm³/mol. The lowest BCUT2D eigenvalue weighted by Gasteiger charge is -2.21. The van der Waals surface area contributed by atoms with E-state index in [1.165, 1.54) is 30.6 Å². The molecule has 0 saturated heterocycles. The highest BCUT2D eigenvalue weighted by Crippen LogP contribution is 2.27. The van der Waals surface area contributed by atoms with Gasteiger partial charge in [-0.3, -0.25) is 0 Å². The maximum atomic E-state index is 12.3. The van der Waals surface area contributed by atoms with E-state index in [9.17, 15) is 8.42 Å². The van der Waals surface area contributed by atoms with Crippen molar-refractivity contribution in [2.24, 2.45) is 5.92 Å². The summed E-state index contributed by atoms with van der Waals surface area (Å²) in [6.45, 7) is 3.26. The molecule has 1 aromatic rings. The fourth-order valence-electron chi connectivity index (χ4n) is 2.65. The lowest BCUT2D eigenvalue weighted by molar-refractivity contribution is 0.357. The van der Waals surface area contributed by atoms with Gasteiger partial charge in [0.25, 0.3) is 0 Å². The molecule has 0 atom stereocenters. The fraction of sp³-hybridized carbons (Fsp3) is 0.714. The molecule has 4 nitrogen and oxygen atoms in total. The van der Waals surface area contributed by atoms with Gasteiger partial charge in [0.2, 0.25) is 10.0 Å². The fourth-order valence-corrected chi connectivity index (χ4v) is 5.41. The van der Waals surface area contributed by atoms with Crippen LogP contribution < -0.4 is 10.0 Å². The highest BCUT2D eigenvalue weighted by atomic mass is 32.2. The van der Waals surface area contributed by atoms with Crippen LogP contribution >= 0.6 is 11.3 Å². The Morgan fingerprint density at radius 2 is 2.00 bits per heavy atom. The normalized spacial score (nSPS) is 17.5. The van der Waals surface area contributed by atoms with Crippen LogP contribution in [0.15, 0.2) is 10.3 Å². The second kappa shape index (κ2) is 7.02. The van der Waals surface area contributed by atoms with Gasteiger partial charge in [0, 0.05) is 18.0 Å². The van der Waals surface area contributed by atoms with Crippen LogP contribution in [0.5, 0.6) is 0 Å². The summed E-state index contributed by atoms with van der Waals surface area (Å²) in [6.07, 6.45) is 6.06. The average molecular weight is 316 g/mol. The Labute approximate surface area is 126 Å². The lowest BCUT2D eigenvalue weighted by Crippen LogP contribution is -2.29. The Bertz CT molecular complexity index is 531. The van der Waals surface area contributed by atoms with Crippen LogP contribution in [0.3, 0.4) is 0 Å². The van der Waals surface area contributed by atoms with Gasteiger partial charge in [-0.05, 0) is 44.4 Å². The first-order valence-corrected chi connectivity index (χ1v) is 9.56. The number of hydrogen-bond donors (Lipinski definition) is 2. The standard InChI is InChI=1S/C14H24N2O2S2/c1-11-8-14(19-13(11)10-15-2)20(17,18)16-9-12-6-4-3-5-7-12/h8,12,15-16H,3-7,9-10H2,1-2H3. The Morgan fingerprint density at radius 1 is 1.30 bits per heavy atom. The molecular formula is C14H24N2O2S2. The van der Waals surface area contributed by atoms with Crippen molar-refractivity contribution in [3.8, 4) is 0 Å². The van der Waals surface area contributed by atoms with Crippen molar-refractivity contribution >= 4 is 21.4 Å². The lowest BCUT2D eigenvalue weighted by atomic mass is 9.90. The van der Waals surface area contributed by atoms with E-state index < -0.39 is 10.0 Å². The largest absolute Gasteiger partial charge is 0.315 e. The Morgan fingerprint density at radius 3 is 2.65 bits per heavy atom. The van der Waals surface area contributed by atoms with Crippen LogP contribution in [-0.2, 0) is 16.6 Å². The molecule has 0 spiro atoms. The van der Waals surface area contributed by atoms with Gasteiger partial charge >= 0.3 is 0 Å². The first-order valence-electron chi connectivity index (χ1n) is 7.26. The van der Waals surface area contributed by atoms with Gasteiger partial charge in [-0.25, -0.2) is 13.1 Å². The van der Waals surface area contributed by atoms with Crippen LogP contribution in [0.1, 0.15) is 42.5 Å². The van der Waals surface area contributed by atoms with E-state index in [1.54, 1.807) is 6.07 Å². The summed E-state index contributed by atoms with van der Waals surface area (Å²) in [5, 5.41) is 3.07. The van der Waals surface area contributed by atoms with Gasteiger partial charge in [-0.2, -0.15) is 0 Å². The smallest absolute Gasteiger partial charge is 0.250 e. The van der Waals surface area contributed by atoms with Crippen LogP contribution in [0, 0.1) is 12.8 Å². The molecule has 6 heteroatoms. The monoisotopic (exact) mass is 316 g/mol. The summed E-state index contributed by atoms with van der Waals surface area (Å²) >= 11 is 1.36. The molecule has 2 rings (SSSR count). The highest BCUT2D eigenvalue weighted by Gasteiger charge is 2.21. The molecule has 0 aliphatic heterocycles. The maximum Gasteiger partial charge on any atom is 0.250 e. The summed E-state index contributed by atoms with van der Waals surface area (Å²) in [7, 11) is -1.47. The molecular weight excluding hydrogens is 292 g/mol. The molecule has 20 heavy (non-hydrogen) atoms. The predicted octanol–water partition coefficient (Wildman–Crippen LogP) is 2.63. The molecule has 0 radical (unpaired) electrons. The van der Waals surface area contributed by atoms with Crippen LogP contribution in [0.4, 0.5) is 0 Å². The third kappa shape index (κ3) is 4.04. The molecule has 1 aliphatic rings. The Kier molecular flexibility index (Phi) is 5.60. The van der Waals surface area contributed by atoms with E-state index >= 15 is 0 Å². The van der Waals surface area contributed by atoms with Crippen molar-refractivity contribution in [3.63, 3.8) is 0 Å². The van der Waals surface area contributed by atoms with Crippen molar-refractivity contribution < 1.29 is 8.42 Å². The Balaban J connectivity index is 2.00. The first kappa shape index (κ1) is 15.9. The molecule has 1 aromatic heterocycles. The summed E-state index contributed by atoms with van der Waals surface area (Å²) in [6, 6.07) is 1.78. The number of sulfonamides is 1. The average Bonchev–Trinajstić information content (AvgIpc) is 2.81. The van der Waals surface area contributed by atoms with E-state index in [0.717, 1.165) is 23.3 Å². The van der Waals surface area contributed by atoms with Crippen molar-refractivity contribution in [3.05, 3.63) is 16.5 Å². The van der Waals surface area contributed by atoms with Crippen molar-refractivity contribution in [1.82, 2.24) is 10.0 Å². The molecule has 0 aromatic carbocycles. The second-order valence-corrected chi connectivity index (χ2v) is 8.69. The summed E-state index contributed by atoms with van der Waals surface area (Å²) in [5.74, 6) is 0.511. The highest BCUT2D eigenvalue weighted by molar-refractivity contribution is 7.91. The minimum Gasteiger partial charge on any atom is -0.315 e. The minimum atomic E-state index is -3.34. The van der Waals surface area contributed by atoms with E-state index in [2.05, 4.69) is 10.0 Å². The molecule has 1 aliphatic carbocycles. The van der Waals surface area contributed by atoms with Gasteiger partial charge in [0.1, 0.15) is 4.21 Å². The molecule has 1 fully saturated rings. The molecule has 0 unspecified atom stereocenters. The number of aryl methyl sites for hydroxylation is 1. The number of thiophene rings is 1. The van der Waals surface area contributed by atoms with Gasteiger partial charge < -0.3 is 5.32 Å². The van der Waals surface area contributed by atoms with Crippen molar-refractivity contribution in [2.45, 2.75) is 49.8 Å². The zero-order chi connectivity index (χ0) is 14.6. The van der Waals surface area contributed by atoms with Crippen LogP contribution in [0.25, 0.3) is 0 Å². The first-order chi connectivity index (χ1) is 9.53. The van der Waals surface area contributed by atoms with Crippen molar-refractivity contribution in [1.29, 1.82) is 0 Å². The quantitative estimate of drug-likeness (QED) is 0.848. The van der Waals surface area contributed by atoms with Gasteiger partial charge in [0.05, 0.1) is 0 Å². The van der Waals surface area contributed by atoms with E-state index in [4.69, 9.17) is 0 Å². The third-order valence-corrected chi connectivity index (χ3v) is 7.02. The molecule has 1 saturated carbocycles. The molecule has 0 bridgehead atoms. The molecule has 0 amide bonds. The summed E-state index contributed by atoms with van der Waals surface area (Å²) in [5.41, 5.74) is 1.04. The van der Waals surface area contributed by atoms with E-state index in [1.807, 2.05) is 14.0 Å². The van der Waals surface area contributed by atoms with Gasteiger partial charge in [-0.15, -0.1) is 11.3 Å². The molecule has 114 valence electrons. The van der Waals surface area contributed by atoms with Crippen LogP contribution in [-0.4, -0.2) is 22.0 Å². The minimum absolute atomic E-state index is 0.441. The van der Waals surface area contributed by atoms with E-state index in [0.29, 0.717) is 23.2 Å². The maximum absolute atomic E-state index is 12.3. The zero-order valence-corrected chi connectivity index (χ0v) is 13.9. The van der Waals surface area contributed by atoms with E-state index in [-0.39, 0.29) is 0 Å².